The van der Waals surface area contributed by atoms with Crippen LogP contribution in [0.5, 0.6) is 0 Å². The Kier molecular flexibility index (Phi) is 2.77. The molecule has 0 bridgehead atoms. The Morgan fingerprint density at radius 1 is 1.64 bits per heavy atom. The quantitative estimate of drug-likeness (QED) is 0.344. The highest BCUT2D eigenvalue weighted by Crippen LogP contribution is 2.22. The molecule has 0 saturated carbocycles. The topological polar surface area (TPSA) is 56.0 Å². The number of nitrogens with zero attached hydrogens (tertiary/aromatic N) is 2. The van der Waals surface area contributed by atoms with Gasteiger partial charge in [0.25, 0.3) is 0 Å². The molecule has 1 rings (SSSR count). The molecule has 0 aliphatic rings. The number of nitro groups is 1. The normalized spacial score (nSPS) is 9.64. The van der Waals surface area contributed by atoms with Gasteiger partial charge in [0.05, 0.1) is 4.92 Å². The van der Waals surface area contributed by atoms with Crippen molar-refractivity contribution in [2.75, 3.05) is 0 Å². The molecule has 11 heavy (non-hydrogen) atoms. The highest BCUT2D eigenvalue weighted by molar-refractivity contribution is 14.1. The summed E-state index contributed by atoms with van der Waals surface area (Å²) in [6, 6.07) is 3.00. The van der Waals surface area contributed by atoms with E-state index in [2.05, 4.69) is 20.9 Å². The second-order valence-corrected chi connectivity index (χ2v) is 3.56. The van der Waals surface area contributed by atoms with Crippen molar-refractivity contribution >= 4 is 44.2 Å². The van der Waals surface area contributed by atoms with Crippen LogP contribution >= 0.6 is 38.5 Å². The maximum atomic E-state index is 10.3. The van der Waals surface area contributed by atoms with Gasteiger partial charge >= 0.3 is 5.69 Å². The van der Waals surface area contributed by atoms with Crippen LogP contribution in [0.15, 0.2) is 16.7 Å². The Bertz CT molecular complexity index is 305. The maximum Gasteiger partial charge on any atom is 0.302 e. The number of hydrogen-bond acceptors (Lipinski definition) is 3. The lowest BCUT2D eigenvalue weighted by Crippen LogP contribution is -1.92. The molecule has 6 heteroatoms. The highest BCUT2D eigenvalue weighted by atomic mass is 127. The molecule has 0 aliphatic carbocycles. The Morgan fingerprint density at radius 2 is 2.27 bits per heavy atom. The molecule has 1 aromatic heterocycles. The van der Waals surface area contributed by atoms with Gasteiger partial charge in [-0.2, -0.15) is 0 Å². The molecule has 0 aliphatic heterocycles. The molecule has 1 aromatic rings. The summed E-state index contributed by atoms with van der Waals surface area (Å²) < 4.78 is 0.995. The minimum atomic E-state index is -0.479. The van der Waals surface area contributed by atoms with E-state index in [0.29, 0.717) is 0 Å². The van der Waals surface area contributed by atoms with Crippen LogP contribution in [-0.4, -0.2) is 9.91 Å². The van der Waals surface area contributed by atoms with E-state index in [0.717, 1.165) is 3.70 Å². The van der Waals surface area contributed by atoms with Crippen molar-refractivity contribution in [3.05, 3.63) is 30.6 Å². The maximum absolute atomic E-state index is 10.3. The molecule has 0 spiro atoms. The molecule has 0 atom stereocenters. The molecule has 0 amide bonds. The zero-order valence-electron chi connectivity index (χ0n) is 5.12. The summed E-state index contributed by atoms with van der Waals surface area (Å²) >= 11 is 4.97. The molecular formula is C5H2BrIN2O2. The summed E-state index contributed by atoms with van der Waals surface area (Å²) in [7, 11) is 0. The predicted molar refractivity (Wildman–Crippen MR) is 51.3 cm³/mol. The van der Waals surface area contributed by atoms with Crippen molar-refractivity contribution in [1.29, 1.82) is 0 Å². The zero-order valence-corrected chi connectivity index (χ0v) is 8.87. The average molecular weight is 329 g/mol. The lowest BCUT2D eigenvalue weighted by Gasteiger charge is -1.93. The first kappa shape index (κ1) is 8.85. The summed E-state index contributed by atoms with van der Waals surface area (Å²) in [4.78, 5) is 13.6. The second-order valence-electron chi connectivity index (χ2n) is 1.70. The van der Waals surface area contributed by atoms with Gasteiger partial charge in [0.1, 0.15) is 3.70 Å². The molecule has 58 valence electrons. The number of halogens is 2. The van der Waals surface area contributed by atoms with E-state index in [1.807, 2.05) is 22.6 Å². The summed E-state index contributed by atoms with van der Waals surface area (Å²) in [5.41, 5.74) is -0.00887. The van der Waals surface area contributed by atoms with E-state index in [1.54, 1.807) is 6.07 Å². The van der Waals surface area contributed by atoms with Gasteiger partial charge in [-0.15, -0.1) is 0 Å². The molecule has 4 nitrogen and oxygen atoms in total. The minimum Gasteiger partial charge on any atom is -0.258 e. The van der Waals surface area contributed by atoms with E-state index >= 15 is 0 Å². The SMILES string of the molecule is O=[N+]([O-])c1ccc(I)nc1Br. The number of pyridine rings is 1. The van der Waals surface area contributed by atoms with Gasteiger partial charge in [-0.05, 0) is 44.6 Å². The van der Waals surface area contributed by atoms with Gasteiger partial charge in [-0.3, -0.25) is 10.1 Å². The summed E-state index contributed by atoms with van der Waals surface area (Å²) in [5, 5.41) is 10.3. The molecular weight excluding hydrogens is 327 g/mol. The monoisotopic (exact) mass is 328 g/mol. The van der Waals surface area contributed by atoms with Crippen LogP contribution < -0.4 is 0 Å². The van der Waals surface area contributed by atoms with Gasteiger partial charge in [0.15, 0.2) is 4.60 Å². The fraction of sp³-hybridized carbons (Fsp3) is 0. The third-order valence-electron chi connectivity index (χ3n) is 0.992. The Labute approximate surface area is 84.4 Å². The van der Waals surface area contributed by atoms with Gasteiger partial charge in [0.2, 0.25) is 0 Å². The van der Waals surface area contributed by atoms with Crippen LogP contribution in [0.1, 0.15) is 0 Å². The van der Waals surface area contributed by atoms with Gasteiger partial charge in [0, 0.05) is 6.07 Å². The third-order valence-corrected chi connectivity index (χ3v) is 2.18. The number of rotatable bonds is 1. The Hall–Kier alpha value is -0.240. The van der Waals surface area contributed by atoms with E-state index in [1.165, 1.54) is 6.07 Å². The van der Waals surface area contributed by atoms with Gasteiger partial charge in [-0.25, -0.2) is 4.98 Å². The van der Waals surface area contributed by atoms with Gasteiger partial charge < -0.3 is 0 Å². The van der Waals surface area contributed by atoms with E-state index in [9.17, 15) is 10.1 Å². The van der Waals surface area contributed by atoms with Crippen LogP contribution in [-0.2, 0) is 0 Å². The van der Waals surface area contributed by atoms with Crippen molar-refractivity contribution in [3.8, 4) is 0 Å². The smallest absolute Gasteiger partial charge is 0.258 e. The first-order valence-corrected chi connectivity index (χ1v) is 4.45. The van der Waals surface area contributed by atoms with Crippen LogP contribution in [0.2, 0.25) is 0 Å². The lowest BCUT2D eigenvalue weighted by atomic mass is 10.4. The predicted octanol–water partition coefficient (Wildman–Crippen LogP) is 2.36. The van der Waals surface area contributed by atoms with E-state index in [4.69, 9.17) is 0 Å². The Balaban J connectivity index is 3.20. The van der Waals surface area contributed by atoms with Crippen LogP contribution in [0.25, 0.3) is 0 Å². The fourth-order valence-electron chi connectivity index (χ4n) is 0.541. The van der Waals surface area contributed by atoms with Crippen LogP contribution in [0.4, 0.5) is 5.69 Å². The van der Waals surface area contributed by atoms with Crippen LogP contribution in [0, 0.1) is 13.8 Å². The number of aromatic nitrogens is 1. The molecule has 0 fully saturated rings. The largest absolute Gasteiger partial charge is 0.302 e. The standard InChI is InChI=1S/C5H2BrIN2O2/c6-5-3(9(10)11)1-2-4(7)8-5/h1-2H. The summed E-state index contributed by atoms with van der Waals surface area (Å²) in [6.07, 6.45) is 0. The molecule has 1 heterocycles. The van der Waals surface area contributed by atoms with Crippen molar-refractivity contribution in [1.82, 2.24) is 4.98 Å². The van der Waals surface area contributed by atoms with Crippen molar-refractivity contribution < 1.29 is 4.92 Å². The van der Waals surface area contributed by atoms with E-state index in [-0.39, 0.29) is 10.3 Å². The first-order valence-electron chi connectivity index (χ1n) is 2.57. The van der Waals surface area contributed by atoms with E-state index < -0.39 is 4.92 Å². The van der Waals surface area contributed by atoms with Crippen LogP contribution in [0.3, 0.4) is 0 Å². The third kappa shape index (κ3) is 2.09. The minimum absolute atomic E-state index is 0.00887. The first-order chi connectivity index (χ1) is 5.11. The fourth-order valence-corrected chi connectivity index (χ4v) is 1.76. The molecule has 0 aromatic carbocycles. The van der Waals surface area contributed by atoms with Crippen molar-refractivity contribution in [3.63, 3.8) is 0 Å². The summed E-state index contributed by atoms with van der Waals surface area (Å²) in [6.45, 7) is 0. The second kappa shape index (κ2) is 3.44. The van der Waals surface area contributed by atoms with Crippen molar-refractivity contribution in [2.24, 2.45) is 0 Å². The molecule has 0 saturated heterocycles. The highest BCUT2D eigenvalue weighted by Gasteiger charge is 2.11. The molecule has 0 unspecified atom stereocenters. The number of hydrogen-bond donors (Lipinski definition) is 0. The summed E-state index contributed by atoms with van der Waals surface area (Å²) in [5.74, 6) is 0. The van der Waals surface area contributed by atoms with Crippen molar-refractivity contribution in [2.45, 2.75) is 0 Å². The molecule has 0 radical (unpaired) electrons. The lowest BCUT2D eigenvalue weighted by molar-refractivity contribution is -0.386. The Morgan fingerprint density at radius 3 is 2.73 bits per heavy atom. The average Bonchev–Trinajstić information content (AvgIpc) is 1.85. The van der Waals surface area contributed by atoms with Gasteiger partial charge in [-0.1, -0.05) is 0 Å². The molecule has 0 N–H and O–H groups in total. The zero-order chi connectivity index (χ0) is 8.43.